The van der Waals surface area contributed by atoms with Gasteiger partial charge < -0.3 is 20.1 Å². The molecule has 1 atom stereocenters. The minimum atomic E-state index is -0.777. The molecule has 1 aromatic heterocycles. The first-order valence-electron chi connectivity index (χ1n) is 8.78. The lowest BCUT2D eigenvalue weighted by atomic mass is 10.2. The molecule has 28 heavy (non-hydrogen) atoms. The molecule has 1 saturated heterocycles. The molecule has 2 N–H and O–H groups in total. The lowest BCUT2D eigenvalue weighted by Gasteiger charge is -2.14. The van der Waals surface area contributed by atoms with Crippen molar-refractivity contribution in [3.05, 3.63) is 52.8 Å². The van der Waals surface area contributed by atoms with E-state index in [1.807, 2.05) is 0 Å². The van der Waals surface area contributed by atoms with Crippen molar-refractivity contribution in [3.63, 3.8) is 0 Å². The number of rotatable bonds is 7. The fourth-order valence-electron chi connectivity index (χ4n) is 2.96. The van der Waals surface area contributed by atoms with E-state index in [2.05, 4.69) is 15.6 Å². The smallest absolute Gasteiger partial charge is 0.254 e. The monoisotopic (exact) mass is 395 g/mol. The number of carbonyl (C=O) groups is 1. The number of halogens is 3. The van der Waals surface area contributed by atoms with Gasteiger partial charge in [-0.2, -0.15) is 4.98 Å². The van der Waals surface area contributed by atoms with Crippen LogP contribution in [0, 0.1) is 17.5 Å². The fraction of sp³-hybridized carbons (Fsp3) is 0.368. The van der Waals surface area contributed by atoms with E-state index in [0.29, 0.717) is 5.56 Å². The zero-order chi connectivity index (χ0) is 20.1. The number of amides is 1. The Hall–Kier alpha value is -2.81. The Kier molecular flexibility index (Phi) is 6.35. The second kappa shape index (κ2) is 8.92. The van der Waals surface area contributed by atoms with E-state index >= 15 is 0 Å². The van der Waals surface area contributed by atoms with E-state index in [1.165, 1.54) is 7.11 Å². The van der Waals surface area contributed by atoms with Crippen molar-refractivity contribution in [2.45, 2.75) is 32.0 Å². The van der Waals surface area contributed by atoms with Crippen molar-refractivity contribution in [2.24, 2.45) is 0 Å². The Labute approximate surface area is 160 Å². The molecule has 1 fully saturated rings. The van der Waals surface area contributed by atoms with Gasteiger partial charge in [0.1, 0.15) is 18.2 Å². The van der Waals surface area contributed by atoms with Crippen molar-refractivity contribution in [1.82, 2.24) is 15.6 Å². The maximum Gasteiger partial charge on any atom is 0.254 e. The minimum absolute atomic E-state index is 0.0412. The van der Waals surface area contributed by atoms with Crippen LogP contribution in [0.15, 0.2) is 24.3 Å². The van der Waals surface area contributed by atoms with Gasteiger partial charge in [0.25, 0.3) is 5.88 Å². The first-order valence-corrected chi connectivity index (χ1v) is 8.78. The summed E-state index contributed by atoms with van der Waals surface area (Å²) in [6.07, 6.45) is 1.68. The molecule has 1 aliphatic heterocycles. The molecule has 3 rings (SSSR count). The van der Waals surface area contributed by atoms with Crippen molar-refractivity contribution < 1.29 is 27.4 Å². The molecular formula is C19H20F3N3O3. The van der Waals surface area contributed by atoms with Crippen molar-refractivity contribution in [2.75, 3.05) is 13.7 Å². The van der Waals surface area contributed by atoms with Crippen LogP contribution in [-0.2, 0) is 17.9 Å². The number of carbonyl (C=O) groups excluding carboxylic acids is 1. The Balaban J connectivity index is 1.67. The summed E-state index contributed by atoms with van der Waals surface area (Å²) in [5, 5.41) is 5.80. The molecule has 150 valence electrons. The molecule has 2 aromatic rings. The molecule has 2 heterocycles. The van der Waals surface area contributed by atoms with Gasteiger partial charge in [-0.3, -0.25) is 4.79 Å². The summed E-state index contributed by atoms with van der Waals surface area (Å²) in [7, 11) is 1.36. The second-order valence-electron chi connectivity index (χ2n) is 6.38. The highest BCUT2D eigenvalue weighted by Gasteiger charge is 2.22. The van der Waals surface area contributed by atoms with E-state index in [1.54, 1.807) is 0 Å². The summed E-state index contributed by atoms with van der Waals surface area (Å²) in [6.45, 7) is 0.559. The SMILES string of the molecule is COc1nc(OCc2cc(F)cc(F)c2)c(F)cc1CNC(=O)C1CCCN1. The molecule has 1 aliphatic rings. The van der Waals surface area contributed by atoms with Crippen molar-refractivity contribution in [1.29, 1.82) is 0 Å². The summed E-state index contributed by atoms with van der Waals surface area (Å²) >= 11 is 0. The normalized spacial score (nSPS) is 16.1. The Morgan fingerprint density at radius 1 is 1.21 bits per heavy atom. The topological polar surface area (TPSA) is 72.5 Å². The van der Waals surface area contributed by atoms with Gasteiger partial charge in [0.2, 0.25) is 11.8 Å². The molecule has 0 saturated carbocycles. The zero-order valence-corrected chi connectivity index (χ0v) is 15.2. The second-order valence-corrected chi connectivity index (χ2v) is 6.38. The molecule has 1 unspecified atom stereocenters. The predicted octanol–water partition coefficient (Wildman–Crippen LogP) is 2.45. The number of methoxy groups -OCH3 is 1. The van der Waals surface area contributed by atoms with E-state index in [9.17, 15) is 18.0 Å². The van der Waals surface area contributed by atoms with E-state index < -0.39 is 17.5 Å². The van der Waals surface area contributed by atoms with Crippen molar-refractivity contribution in [3.8, 4) is 11.8 Å². The highest BCUT2D eigenvalue weighted by Crippen LogP contribution is 2.24. The number of hydrogen-bond donors (Lipinski definition) is 2. The molecule has 9 heteroatoms. The molecule has 0 bridgehead atoms. The number of ether oxygens (including phenoxy) is 2. The highest BCUT2D eigenvalue weighted by molar-refractivity contribution is 5.82. The van der Waals surface area contributed by atoms with Gasteiger partial charge in [0.15, 0.2) is 5.82 Å². The number of hydrogen-bond acceptors (Lipinski definition) is 5. The van der Waals surface area contributed by atoms with Crippen LogP contribution in [0.25, 0.3) is 0 Å². The zero-order valence-electron chi connectivity index (χ0n) is 15.2. The van der Waals surface area contributed by atoms with E-state index in [4.69, 9.17) is 9.47 Å². The van der Waals surface area contributed by atoms with Gasteiger partial charge in [-0.25, -0.2) is 13.2 Å². The van der Waals surface area contributed by atoms with E-state index in [0.717, 1.165) is 43.7 Å². The average Bonchev–Trinajstić information content (AvgIpc) is 3.19. The number of aromatic nitrogens is 1. The lowest BCUT2D eigenvalue weighted by Crippen LogP contribution is -2.40. The quantitative estimate of drug-likeness (QED) is 0.754. The van der Waals surface area contributed by atoms with Crippen LogP contribution in [0.5, 0.6) is 11.8 Å². The largest absolute Gasteiger partial charge is 0.481 e. The molecule has 1 amide bonds. The van der Waals surface area contributed by atoms with Crippen LogP contribution in [-0.4, -0.2) is 30.6 Å². The van der Waals surface area contributed by atoms with Gasteiger partial charge in [-0.15, -0.1) is 0 Å². The van der Waals surface area contributed by atoms with Crippen LogP contribution >= 0.6 is 0 Å². The third-order valence-corrected chi connectivity index (χ3v) is 4.30. The maximum atomic E-state index is 14.3. The van der Waals surface area contributed by atoms with Gasteiger partial charge in [0.05, 0.1) is 13.2 Å². The standard InChI is InChI=1S/C19H20F3N3O3/c1-27-18-12(9-24-17(26)16-3-2-4-23-16)7-15(22)19(25-18)28-10-11-5-13(20)8-14(21)6-11/h5-8,16,23H,2-4,9-10H2,1H3,(H,24,26). The Bertz CT molecular complexity index is 838. The number of nitrogens with one attached hydrogen (secondary N) is 2. The number of nitrogens with zero attached hydrogens (tertiary/aromatic N) is 1. The minimum Gasteiger partial charge on any atom is -0.481 e. The van der Waals surface area contributed by atoms with E-state index in [-0.39, 0.29) is 42.4 Å². The Morgan fingerprint density at radius 3 is 2.61 bits per heavy atom. The summed E-state index contributed by atoms with van der Waals surface area (Å²) in [6, 6.07) is 3.79. The van der Waals surface area contributed by atoms with Crippen LogP contribution in [0.3, 0.4) is 0 Å². The molecule has 0 radical (unpaired) electrons. The highest BCUT2D eigenvalue weighted by atomic mass is 19.1. The molecule has 1 aromatic carbocycles. The van der Waals surface area contributed by atoms with Crippen LogP contribution in [0.1, 0.15) is 24.0 Å². The van der Waals surface area contributed by atoms with Gasteiger partial charge in [0, 0.05) is 18.2 Å². The molecule has 0 spiro atoms. The Morgan fingerprint density at radius 2 is 1.96 bits per heavy atom. The average molecular weight is 395 g/mol. The van der Waals surface area contributed by atoms with Crippen LogP contribution in [0.2, 0.25) is 0 Å². The summed E-state index contributed by atoms with van der Waals surface area (Å²) in [5.74, 6) is -2.75. The number of benzene rings is 1. The third kappa shape index (κ3) is 4.92. The van der Waals surface area contributed by atoms with Crippen molar-refractivity contribution >= 4 is 5.91 Å². The number of pyridine rings is 1. The third-order valence-electron chi connectivity index (χ3n) is 4.30. The molecule has 0 aliphatic carbocycles. The summed E-state index contributed by atoms with van der Waals surface area (Å²) < 4.78 is 51.2. The first-order chi connectivity index (χ1) is 13.5. The van der Waals surface area contributed by atoms with Gasteiger partial charge in [-0.05, 0) is 43.1 Å². The lowest BCUT2D eigenvalue weighted by molar-refractivity contribution is -0.122. The first kappa shape index (κ1) is 19.9. The molecular weight excluding hydrogens is 375 g/mol. The van der Waals surface area contributed by atoms with Crippen LogP contribution < -0.4 is 20.1 Å². The fourth-order valence-corrected chi connectivity index (χ4v) is 2.96. The summed E-state index contributed by atoms with van der Waals surface area (Å²) in [4.78, 5) is 16.0. The van der Waals surface area contributed by atoms with Crippen LogP contribution in [0.4, 0.5) is 13.2 Å². The summed E-state index contributed by atoms with van der Waals surface area (Å²) in [5.41, 5.74) is 0.536. The maximum absolute atomic E-state index is 14.3. The van der Waals surface area contributed by atoms with Gasteiger partial charge >= 0.3 is 0 Å². The molecule has 6 nitrogen and oxygen atoms in total. The predicted molar refractivity (Wildman–Crippen MR) is 94.3 cm³/mol. The van der Waals surface area contributed by atoms with Gasteiger partial charge in [-0.1, -0.05) is 0 Å².